The Kier molecular flexibility index (Phi) is 6.17. The molecule has 4 rings (SSSR count). The van der Waals surface area contributed by atoms with Gasteiger partial charge in [0.1, 0.15) is 5.82 Å². The van der Waals surface area contributed by atoms with Gasteiger partial charge in [0.05, 0.1) is 24.4 Å². The highest BCUT2D eigenvalue weighted by Crippen LogP contribution is 2.24. The molecule has 6 heteroatoms. The lowest BCUT2D eigenvalue weighted by Crippen LogP contribution is -2.41. The van der Waals surface area contributed by atoms with Crippen molar-refractivity contribution in [1.29, 1.82) is 0 Å². The van der Waals surface area contributed by atoms with E-state index in [4.69, 9.17) is 4.74 Å². The molecule has 0 saturated carbocycles. The zero-order chi connectivity index (χ0) is 19.3. The van der Waals surface area contributed by atoms with Crippen LogP contribution in [-0.4, -0.2) is 60.1 Å². The summed E-state index contributed by atoms with van der Waals surface area (Å²) in [5, 5.41) is 0.840. The van der Waals surface area contributed by atoms with Crippen LogP contribution in [0.1, 0.15) is 31.4 Å². The van der Waals surface area contributed by atoms with E-state index < -0.39 is 0 Å². The molecule has 150 valence electrons. The monoisotopic (exact) mass is 385 g/mol. The smallest absolute Gasteiger partial charge is 0.222 e. The van der Waals surface area contributed by atoms with Crippen molar-refractivity contribution < 1.29 is 13.9 Å². The van der Waals surface area contributed by atoms with Crippen LogP contribution >= 0.6 is 0 Å². The van der Waals surface area contributed by atoms with Gasteiger partial charge in [-0.15, -0.1) is 0 Å². The van der Waals surface area contributed by atoms with Crippen LogP contribution in [0.2, 0.25) is 0 Å². The zero-order valence-electron chi connectivity index (χ0n) is 16.3. The number of benzene rings is 1. The highest BCUT2D eigenvalue weighted by atomic mass is 19.1. The third kappa shape index (κ3) is 4.86. The van der Waals surface area contributed by atoms with Gasteiger partial charge in [0.2, 0.25) is 5.91 Å². The van der Waals surface area contributed by atoms with Gasteiger partial charge in [-0.3, -0.25) is 14.7 Å². The fraction of sp³-hybridized carbons (Fsp3) is 0.545. The molecular weight excluding hydrogens is 357 g/mol. The normalized spacial score (nSPS) is 19.2. The Labute approximate surface area is 165 Å². The number of hydrogen-bond donors (Lipinski definition) is 0. The second-order valence-electron chi connectivity index (χ2n) is 7.89. The molecule has 2 aliphatic rings. The van der Waals surface area contributed by atoms with Crippen molar-refractivity contribution in [3.05, 3.63) is 41.8 Å². The van der Waals surface area contributed by atoms with E-state index >= 15 is 0 Å². The third-order valence-electron chi connectivity index (χ3n) is 5.93. The number of ether oxygens (including phenoxy) is 1. The molecule has 0 aliphatic carbocycles. The van der Waals surface area contributed by atoms with E-state index in [9.17, 15) is 9.18 Å². The van der Waals surface area contributed by atoms with E-state index in [1.54, 1.807) is 6.07 Å². The fourth-order valence-electron chi connectivity index (χ4n) is 4.19. The summed E-state index contributed by atoms with van der Waals surface area (Å²) in [5.74, 6) is 0.688. The number of aromatic nitrogens is 1. The predicted octanol–water partition coefficient (Wildman–Crippen LogP) is 3.22. The second kappa shape index (κ2) is 8.97. The number of morpholine rings is 1. The molecule has 0 bridgehead atoms. The summed E-state index contributed by atoms with van der Waals surface area (Å²) in [6.45, 7) is 5.72. The molecule has 1 amide bonds. The molecule has 1 aromatic carbocycles. The number of halogens is 1. The largest absolute Gasteiger partial charge is 0.378 e. The van der Waals surface area contributed by atoms with E-state index in [2.05, 4.69) is 9.88 Å². The number of likely N-dealkylation sites (tertiary alicyclic amines) is 1. The molecular formula is C22H28FN3O2. The molecule has 0 unspecified atom stereocenters. The first-order valence-corrected chi connectivity index (χ1v) is 10.3. The van der Waals surface area contributed by atoms with Crippen molar-refractivity contribution in [3.63, 3.8) is 0 Å². The molecule has 0 spiro atoms. The topological polar surface area (TPSA) is 45.7 Å². The minimum Gasteiger partial charge on any atom is -0.378 e. The van der Waals surface area contributed by atoms with Crippen LogP contribution in [0.15, 0.2) is 30.3 Å². The van der Waals surface area contributed by atoms with Crippen molar-refractivity contribution in [2.75, 3.05) is 39.4 Å². The van der Waals surface area contributed by atoms with E-state index in [-0.39, 0.29) is 11.7 Å². The van der Waals surface area contributed by atoms with Crippen molar-refractivity contribution in [3.8, 4) is 0 Å². The van der Waals surface area contributed by atoms with Gasteiger partial charge in [-0.2, -0.15) is 0 Å². The Morgan fingerprint density at radius 2 is 1.89 bits per heavy atom. The predicted molar refractivity (Wildman–Crippen MR) is 106 cm³/mol. The van der Waals surface area contributed by atoms with Gasteiger partial charge in [-0.1, -0.05) is 6.07 Å². The third-order valence-corrected chi connectivity index (χ3v) is 5.93. The van der Waals surface area contributed by atoms with E-state index in [1.165, 1.54) is 12.1 Å². The Bertz CT molecular complexity index is 815. The molecule has 3 heterocycles. The molecule has 0 atom stereocenters. The van der Waals surface area contributed by atoms with Crippen LogP contribution in [0.5, 0.6) is 0 Å². The lowest BCUT2D eigenvalue weighted by molar-refractivity contribution is -0.135. The number of rotatable bonds is 5. The standard InChI is InChI=1S/C22H28FN3O2/c23-19-3-5-21-18(15-19)2-4-20(24-21)16-25-9-7-17(8-10-25)1-6-22(27)26-11-13-28-14-12-26/h2-5,15,17H,1,6-14,16H2. The lowest BCUT2D eigenvalue weighted by Gasteiger charge is -2.32. The van der Waals surface area contributed by atoms with Crippen molar-refractivity contribution in [1.82, 2.24) is 14.8 Å². The number of amides is 1. The molecule has 1 aromatic heterocycles. The minimum absolute atomic E-state index is 0.226. The summed E-state index contributed by atoms with van der Waals surface area (Å²) in [4.78, 5) is 21.3. The quantitative estimate of drug-likeness (QED) is 0.793. The van der Waals surface area contributed by atoms with Crippen molar-refractivity contribution >= 4 is 16.8 Å². The lowest BCUT2D eigenvalue weighted by atomic mass is 9.92. The highest BCUT2D eigenvalue weighted by molar-refractivity contribution is 5.78. The van der Waals surface area contributed by atoms with E-state index in [0.29, 0.717) is 25.6 Å². The average Bonchev–Trinajstić information content (AvgIpc) is 2.74. The van der Waals surface area contributed by atoms with Gasteiger partial charge >= 0.3 is 0 Å². The first-order valence-electron chi connectivity index (χ1n) is 10.3. The molecule has 2 saturated heterocycles. The number of carbonyl (C=O) groups is 1. The van der Waals surface area contributed by atoms with Crippen LogP contribution < -0.4 is 0 Å². The highest BCUT2D eigenvalue weighted by Gasteiger charge is 2.22. The fourth-order valence-corrected chi connectivity index (χ4v) is 4.19. The summed E-state index contributed by atoms with van der Waals surface area (Å²) in [6.07, 6.45) is 3.92. The Morgan fingerprint density at radius 3 is 2.68 bits per heavy atom. The summed E-state index contributed by atoms with van der Waals surface area (Å²) in [6, 6.07) is 8.67. The number of fused-ring (bicyclic) bond motifs is 1. The Hall–Kier alpha value is -2.05. The summed E-state index contributed by atoms with van der Waals surface area (Å²) in [5.41, 5.74) is 1.87. The van der Waals surface area contributed by atoms with Crippen LogP contribution in [0.3, 0.4) is 0 Å². The Balaban J connectivity index is 1.23. The van der Waals surface area contributed by atoms with E-state index in [1.807, 2.05) is 17.0 Å². The minimum atomic E-state index is -0.226. The van der Waals surface area contributed by atoms with Crippen LogP contribution in [-0.2, 0) is 16.1 Å². The van der Waals surface area contributed by atoms with Gasteiger partial charge in [0.15, 0.2) is 0 Å². The molecule has 28 heavy (non-hydrogen) atoms. The van der Waals surface area contributed by atoms with Crippen molar-refractivity contribution in [2.45, 2.75) is 32.2 Å². The second-order valence-corrected chi connectivity index (χ2v) is 7.89. The molecule has 0 radical (unpaired) electrons. The van der Waals surface area contributed by atoms with Gasteiger partial charge < -0.3 is 9.64 Å². The number of pyridine rings is 1. The first kappa shape index (κ1) is 19.3. The molecule has 2 aliphatic heterocycles. The number of carbonyl (C=O) groups excluding carboxylic acids is 1. The maximum atomic E-state index is 13.3. The van der Waals surface area contributed by atoms with Gasteiger partial charge in [0, 0.05) is 31.4 Å². The van der Waals surface area contributed by atoms with E-state index in [0.717, 1.165) is 68.6 Å². The number of nitrogens with zero attached hydrogens (tertiary/aromatic N) is 3. The van der Waals surface area contributed by atoms with Crippen LogP contribution in [0.25, 0.3) is 10.9 Å². The summed E-state index contributed by atoms with van der Waals surface area (Å²) in [7, 11) is 0. The van der Waals surface area contributed by atoms with Gasteiger partial charge in [-0.05, 0) is 62.5 Å². The SMILES string of the molecule is O=C(CCC1CCN(Cc2ccc3cc(F)ccc3n2)CC1)N1CCOCC1. The average molecular weight is 385 g/mol. The maximum absolute atomic E-state index is 13.3. The van der Waals surface area contributed by atoms with Crippen LogP contribution in [0.4, 0.5) is 4.39 Å². The van der Waals surface area contributed by atoms with Crippen molar-refractivity contribution in [2.24, 2.45) is 5.92 Å². The summed E-state index contributed by atoms with van der Waals surface area (Å²) >= 11 is 0. The van der Waals surface area contributed by atoms with Crippen LogP contribution in [0, 0.1) is 11.7 Å². The number of hydrogen-bond acceptors (Lipinski definition) is 4. The van der Waals surface area contributed by atoms with Gasteiger partial charge in [-0.25, -0.2) is 4.39 Å². The molecule has 5 nitrogen and oxygen atoms in total. The van der Waals surface area contributed by atoms with Gasteiger partial charge in [0.25, 0.3) is 0 Å². The Morgan fingerprint density at radius 1 is 1.11 bits per heavy atom. The summed E-state index contributed by atoms with van der Waals surface area (Å²) < 4.78 is 18.6. The molecule has 2 aromatic rings. The molecule has 2 fully saturated rings. The molecule has 0 N–H and O–H groups in total. The first-order chi connectivity index (χ1) is 13.7. The zero-order valence-corrected chi connectivity index (χ0v) is 16.3. The maximum Gasteiger partial charge on any atom is 0.222 e. The number of piperidine rings is 1.